The van der Waals surface area contributed by atoms with Crippen LogP contribution in [0.4, 0.5) is 0 Å². The molecule has 0 fully saturated rings. The average Bonchev–Trinajstić information content (AvgIpc) is 2.00. The molecule has 0 aliphatic heterocycles. The summed E-state index contributed by atoms with van der Waals surface area (Å²) in [4.78, 5) is 0. The van der Waals surface area contributed by atoms with Gasteiger partial charge >= 0.3 is 0 Å². The Hall–Kier alpha value is 0.420. The van der Waals surface area contributed by atoms with Crippen LogP contribution in [0.1, 0.15) is 6.42 Å². The molecule has 0 aliphatic carbocycles. The second kappa shape index (κ2) is 5.96. The summed E-state index contributed by atoms with van der Waals surface area (Å²) in [5.41, 5.74) is 0. The lowest BCUT2D eigenvalue weighted by Crippen LogP contribution is -2.27. The number of alkyl halides is 2. The summed E-state index contributed by atoms with van der Waals surface area (Å²) in [5.74, 6) is 0. The summed E-state index contributed by atoms with van der Waals surface area (Å²) in [7, 11) is 0. The van der Waals surface area contributed by atoms with E-state index in [-0.39, 0.29) is 19.6 Å². The Kier molecular flexibility index (Phi) is 6.17. The molecule has 0 bridgehead atoms. The van der Waals surface area contributed by atoms with Crippen LogP contribution in [0.2, 0.25) is 0 Å². The van der Waals surface area contributed by atoms with Gasteiger partial charge in [0.15, 0.2) is 0 Å². The van der Waals surface area contributed by atoms with Gasteiger partial charge in [-0.05, 0) is 0 Å². The zero-order valence-electron chi connectivity index (χ0n) is 6.41. The highest BCUT2D eigenvalue weighted by Crippen LogP contribution is 2.26. The van der Waals surface area contributed by atoms with Crippen LogP contribution in [0.15, 0.2) is 0 Å². The van der Waals surface area contributed by atoms with Gasteiger partial charge in [-0.25, -0.2) is 0 Å². The van der Waals surface area contributed by atoms with Crippen molar-refractivity contribution in [3.63, 3.8) is 0 Å². The van der Waals surface area contributed by atoms with Crippen molar-refractivity contribution in [3.05, 3.63) is 0 Å². The maximum absolute atomic E-state index is 8.83. The molecule has 74 valence electrons. The molecule has 4 nitrogen and oxygen atoms in total. The van der Waals surface area contributed by atoms with E-state index in [1.807, 2.05) is 0 Å². The number of aliphatic hydroxyl groups excluding tert-OH is 3. The van der Waals surface area contributed by atoms with E-state index in [0.717, 1.165) is 0 Å². The van der Waals surface area contributed by atoms with Crippen molar-refractivity contribution >= 4 is 23.2 Å². The number of rotatable bonds is 6. The molecule has 1 unspecified atom stereocenters. The van der Waals surface area contributed by atoms with E-state index in [0.29, 0.717) is 0 Å². The Balaban J connectivity index is 3.59. The predicted molar refractivity (Wildman–Crippen MR) is 45.2 cm³/mol. The number of hydrogen-bond acceptors (Lipinski definition) is 4. The molecule has 1 atom stereocenters. The quantitative estimate of drug-likeness (QED) is 0.544. The zero-order valence-corrected chi connectivity index (χ0v) is 7.92. The number of ether oxygens (including phenoxy) is 1. The Morgan fingerprint density at radius 1 is 1.33 bits per heavy atom. The molecule has 0 rings (SSSR count). The van der Waals surface area contributed by atoms with Gasteiger partial charge in [-0.2, -0.15) is 0 Å². The smallest absolute Gasteiger partial charge is 0.219 e. The van der Waals surface area contributed by atoms with Crippen molar-refractivity contribution in [3.8, 4) is 0 Å². The van der Waals surface area contributed by atoms with Gasteiger partial charge in [-0.1, -0.05) is 23.2 Å². The molecular formula is C6H12Cl2O4. The van der Waals surface area contributed by atoms with Crippen LogP contribution in [-0.4, -0.2) is 45.8 Å². The monoisotopic (exact) mass is 218 g/mol. The fourth-order valence-corrected chi connectivity index (χ4v) is 0.768. The first-order valence-corrected chi connectivity index (χ1v) is 4.19. The van der Waals surface area contributed by atoms with Gasteiger partial charge in [0.05, 0.1) is 13.2 Å². The minimum absolute atomic E-state index is 0.0499. The highest BCUT2D eigenvalue weighted by molar-refractivity contribution is 6.47. The molecule has 0 aliphatic rings. The molecule has 0 amide bonds. The lowest BCUT2D eigenvalue weighted by molar-refractivity contribution is -0.0234. The van der Waals surface area contributed by atoms with E-state index in [1.54, 1.807) is 0 Å². The normalized spacial score (nSPS) is 14.8. The van der Waals surface area contributed by atoms with Gasteiger partial charge in [0.25, 0.3) is 0 Å². The minimum Gasteiger partial charge on any atom is -0.396 e. The molecule has 0 aromatic carbocycles. The molecule has 0 saturated carbocycles. The molecule has 0 aromatic heterocycles. The molecule has 0 saturated heterocycles. The second-order valence-electron chi connectivity index (χ2n) is 2.26. The van der Waals surface area contributed by atoms with Crippen molar-refractivity contribution in [1.82, 2.24) is 0 Å². The van der Waals surface area contributed by atoms with Gasteiger partial charge in [0, 0.05) is 13.0 Å². The van der Waals surface area contributed by atoms with Crippen LogP contribution in [0, 0.1) is 0 Å². The van der Waals surface area contributed by atoms with Gasteiger partial charge in [0.2, 0.25) is 4.52 Å². The van der Waals surface area contributed by atoms with E-state index < -0.39 is 17.2 Å². The van der Waals surface area contributed by atoms with Crippen LogP contribution >= 0.6 is 23.2 Å². The summed E-state index contributed by atoms with van der Waals surface area (Å²) < 4.78 is 3.29. The Morgan fingerprint density at radius 2 is 1.92 bits per heavy atom. The largest absolute Gasteiger partial charge is 0.396 e. The average molecular weight is 219 g/mol. The van der Waals surface area contributed by atoms with Crippen molar-refractivity contribution in [2.45, 2.75) is 17.0 Å². The SMILES string of the molecule is OCCC(Cl)(Cl)OCC(O)CO. The van der Waals surface area contributed by atoms with E-state index in [1.165, 1.54) is 0 Å². The predicted octanol–water partition coefficient (Wildman–Crippen LogP) is -0.130. The molecule has 0 heterocycles. The van der Waals surface area contributed by atoms with Gasteiger partial charge in [-0.3, -0.25) is 0 Å². The fourth-order valence-electron chi connectivity index (χ4n) is 0.473. The molecule has 0 radical (unpaired) electrons. The molecule has 0 aromatic rings. The maximum atomic E-state index is 8.83. The number of halogens is 2. The summed E-state index contributed by atoms with van der Waals surface area (Å²) in [6.45, 7) is -0.783. The first kappa shape index (κ1) is 12.4. The van der Waals surface area contributed by atoms with Crippen molar-refractivity contribution in [1.29, 1.82) is 0 Å². The second-order valence-corrected chi connectivity index (χ2v) is 3.67. The Labute approximate surface area is 80.7 Å². The summed E-state index contributed by atoms with van der Waals surface area (Å²) >= 11 is 11.1. The van der Waals surface area contributed by atoms with E-state index in [4.69, 9.17) is 43.3 Å². The lowest BCUT2D eigenvalue weighted by Gasteiger charge is -2.20. The van der Waals surface area contributed by atoms with Gasteiger partial charge < -0.3 is 20.1 Å². The van der Waals surface area contributed by atoms with Crippen molar-refractivity contribution in [2.24, 2.45) is 0 Å². The highest BCUT2D eigenvalue weighted by atomic mass is 35.5. The van der Waals surface area contributed by atoms with E-state index in [9.17, 15) is 0 Å². The molecule has 12 heavy (non-hydrogen) atoms. The van der Waals surface area contributed by atoms with Crippen molar-refractivity contribution in [2.75, 3.05) is 19.8 Å². The van der Waals surface area contributed by atoms with Gasteiger partial charge in [-0.15, -0.1) is 0 Å². The first-order chi connectivity index (χ1) is 5.52. The van der Waals surface area contributed by atoms with Crippen LogP contribution < -0.4 is 0 Å². The fraction of sp³-hybridized carbons (Fsp3) is 1.00. The third kappa shape index (κ3) is 5.99. The van der Waals surface area contributed by atoms with Crippen LogP contribution in [0.3, 0.4) is 0 Å². The maximum Gasteiger partial charge on any atom is 0.219 e. The van der Waals surface area contributed by atoms with E-state index >= 15 is 0 Å². The lowest BCUT2D eigenvalue weighted by atomic mass is 10.4. The first-order valence-electron chi connectivity index (χ1n) is 3.43. The standard InChI is InChI=1S/C6H12Cl2O4/c7-6(8,1-2-9)12-4-5(11)3-10/h5,9-11H,1-4H2. The number of hydrogen-bond donors (Lipinski definition) is 3. The Morgan fingerprint density at radius 3 is 2.33 bits per heavy atom. The summed E-state index contributed by atoms with van der Waals surface area (Å²) in [5, 5.41) is 25.7. The summed E-state index contributed by atoms with van der Waals surface area (Å²) in [6.07, 6.45) is -0.950. The van der Waals surface area contributed by atoms with Gasteiger partial charge in [0.1, 0.15) is 6.10 Å². The van der Waals surface area contributed by atoms with Crippen LogP contribution in [0.5, 0.6) is 0 Å². The third-order valence-corrected chi connectivity index (χ3v) is 1.70. The molecular weight excluding hydrogens is 207 g/mol. The topological polar surface area (TPSA) is 69.9 Å². The zero-order chi connectivity index (χ0) is 9.61. The van der Waals surface area contributed by atoms with Crippen molar-refractivity contribution < 1.29 is 20.1 Å². The minimum atomic E-state index is -1.50. The van der Waals surface area contributed by atoms with Crippen LogP contribution in [0.25, 0.3) is 0 Å². The van der Waals surface area contributed by atoms with E-state index in [2.05, 4.69) is 0 Å². The highest BCUT2D eigenvalue weighted by Gasteiger charge is 2.24. The Bertz CT molecular complexity index is 120. The molecule has 0 spiro atoms. The summed E-state index contributed by atoms with van der Waals surface area (Å²) in [6, 6.07) is 0. The third-order valence-electron chi connectivity index (χ3n) is 1.10. The van der Waals surface area contributed by atoms with Crippen LogP contribution in [-0.2, 0) is 4.74 Å². The molecule has 6 heteroatoms. The number of aliphatic hydroxyl groups is 3. The molecule has 3 N–H and O–H groups in total.